The van der Waals surface area contributed by atoms with Gasteiger partial charge in [-0.05, 0) is 43.2 Å². The second-order valence-electron chi connectivity index (χ2n) is 6.56. The Labute approximate surface area is 162 Å². The standard InChI is InChI=1S/C21H22N4O3/c1-11-6-7-15-18(12(11)2)24-21(23-15)14-10-22-25-19(14)13-8-16(26-3)20(28-5)17(9-13)27-4/h6-10H,1-5H3,(H,22,25)(H,23,24). The molecule has 7 nitrogen and oxygen atoms in total. The average molecular weight is 378 g/mol. The zero-order chi connectivity index (χ0) is 19.8. The van der Waals surface area contributed by atoms with Gasteiger partial charge in [0.15, 0.2) is 11.5 Å². The van der Waals surface area contributed by atoms with E-state index in [2.05, 4.69) is 35.1 Å². The zero-order valence-corrected chi connectivity index (χ0v) is 16.5. The third kappa shape index (κ3) is 2.76. The molecule has 0 spiro atoms. The quantitative estimate of drug-likeness (QED) is 0.542. The van der Waals surface area contributed by atoms with E-state index in [0.717, 1.165) is 39.2 Å². The summed E-state index contributed by atoms with van der Waals surface area (Å²) in [6.45, 7) is 4.17. The minimum atomic E-state index is 0.546. The minimum Gasteiger partial charge on any atom is -0.493 e. The van der Waals surface area contributed by atoms with Crippen molar-refractivity contribution in [3.05, 3.63) is 41.6 Å². The summed E-state index contributed by atoms with van der Waals surface area (Å²) in [6.07, 6.45) is 1.76. The van der Waals surface area contributed by atoms with Crippen LogP contribution in [-0.2, 0) is 0 Å². The van der Waals surface area contributed by atoms with E-state index in [0.29, 0.717) is 17.2 Å². The Kier molecular flexibility index (Phi) is 4.43. The summed E-state index contributed by atoms with van der Waals surface area (Å²) in [5.41, 5.74) is 6.87. The molecule has 0 amide bonds. The molecule has 2 aromatic heterocycles. The normalized spacial score (nSPS) is 11.0. The maximum atomic E-state index is 5.48. The number of aryl methyl sites for hydroxylation is 2. The van der Waals surface area contributed by atoms with Gasteiger partial charge in [0, 0.05) is 5.56 Å². The Balaban J connectivity index is 1.88. The van der Waals surface area contributed by atoms with Gasteiger partial charge in [-0.3, -0.25) is 5.10 Å². The van der Waals surface area contributed by atoms with Crippen LogP contribution >= 0.6 is 0 Å². The highest BCUT2D eigenvalue weighted by atomic mass is 16.5. The molecule has 0 aliphatic rings. The van der Waals surface area contributed by atoms with E-state index in [4.69, 9.17) is 19.2 Å². The van der Waals surface area contributed by atoms with Crippen LogP contribution in [0.3, 0.4) is 0 Å². The van der Waals surface area contributed by atoms with Gasteiger partial charge in [0.1, 0.15) is 5.82 Å². The van der Waals surface area contributed by atoms with Gasteiger partial charge in [-0.25, -0.2) is 4.98 Å². The van der Waals surface area contributed by atoms with Crippen LogP contribution in [0.4, 0.5) is 0 Å². The van der Waals surface area contributed by atoms with Crippen LogP contribution in [-0.4, -0.2) is 41.5 Å². The molecule has 7 heteroatoms. The molecule has 0 radical (unpaired) electrons. The molecule has 0 bridgehead atoms. The first-order valence-electron chi connectivity index (χ1n) is 8.87. The summed E-state index contributed by atoms with van der Waals surface area (Å²) in [7, 11) is 4.78. The molecule has 2 aromatic carbocycles. The number of nitrogens with one attached hydrogen (secondary N) is 2. The van der Waals surface area contributed by atoms with E-state index in [1.165, 1.54) is 5.56 Å². The van der Waals surface area contributed by atoms with Crippen molar-refractivity contribution in [3.63, 3.8) is 0 Å². The molecular formula is C21H22N4O3. The highest BCUT2D eigenvalue weighted by Gasteiger charge is 2.19. The minimum absolute atomic E-state index is 0.546. The predicted molar refractivity (Wildman–Crippen MR) is 108 cm³/mol. The largest absolute Gasteiger partial charge is 0.493 e. The number of H-pyrrole nitrogens is 2. The molecule has 4 rings (SSSR count). The maximum Gasteiger partial charge on any atom is 0.203 e. The number of benzene rings is 2. The molecule has 28 heavy (non-hydrogen) atoms. The number of hydrogen-bond acceptors (Lipinski definition) is 5. The molecule has 2 N–H and O–H groups in total. The first kappa shape index (κ1) is 17.9. The van der Waals surface area contributed by atoms with Gasteiger partial charge in [-0.1, -0.05) is 6.07 Å². The molecule has 144 valence electrons. The second-order valence-corrected chi connectivity index (χ2v) is 6.56. The highest BCUT2D eigenvalue weighted by Crippen LogP contribution is 2.42. The zero-order valence-electron chi connectivity index (χ0n) is 16.5. The van der Waals surface area contributed by atoms with Crippen molar-refractivity contribution in [2.75, 3.05) is 21.3 Å². The van der Waals surface area contributed by atoms with Crippen LogP contribution in [0.2, 0.25) is 0 Å². The first-order chi connectivity index (χ1) is 13.6. The number of nitrogens with zero attached hydrogens (tertiary/aromatic N) is 2. The van der Waals surface area contributed by atoms with E-state index in [1.807, 2.05) is 18.2 Å². The number of aromatic amines is 2. The topological polar surface area (TPSA) is 85.1 Å². The second kappa shape index (κ2) is 6.92. The Hall–Kier alpha value is -3.48. The van der Waals surface area contributed by atoms with Crippen molar-refractivity contribution in [1.82, 2.24) is 20.2 Å². The lowest BCUT2D eigenvalue weighted by atomic mass is 10.1. The summed E-state index contributed by atoms with van der Waals surface area (Å²) >= 11 is 0. The molecule has 4 aromatic rings. The molecule has 0 saturated carbocycles. The molecule has 0 unspecified atom stereocenters. The lowest BCUT2D eigenvalue weighted by molar-refractivity contribution is 0.324. The van der Waals surface area contributed by atoms with Crippen LogP contribution in [0, 0.1) is 13.8 Å². The average Bonchev–Trinajstić information content (AvgIpc) is 3.36. The number of hydrogen-bond donors (Lipinski definition) is 2. The lowest BCUT2D eigenvalue weighted by Gasteiger charge is -2.14. The van der Waals surface area contributed by atoms with Gasteiger partial charge in [-0.15, -0.1) is 0 Å². The van der Waals surface area contributed by atoms with E-state index < -0.39 is 0 Å². The summed E-state index contributed by atoms with van der Waals surface area (Å²) in [6, 6.07) is 7.91. The third-order valence-corrected chi connectivity index (χ3v) is 5.03. The Bertz CT molecular complexity index is 1130. The predicted octanol–water partition coefficient (Wildman–Crippen LogP) is 4.26. The SMILES string of the molecule is COc1cc(-c2[nH]ncc2-c2nc3c(C)c(C)ccc3[nH]2)cc(OC)c1OC. The fourth-order valence-electron chi connectivity index (χ4n) is 3.35. The molecule has 0 atom stereocenters. The number of fused-ring (bicyclic) bond motifs is 1. The van der Waals surface area contributed by atoms with Crippen molar-refractivity contribution in [3.8, 4) is 39.9 Å². The van der Waals surface area contributed by atoms with E-state index in [9.17, 15) is 0 Å². The number of ether oxygens (including phenoxy) is 3. The van der Waals surface area contributed by atoms with Crippen LogP contribution < -0.4 is 14.2 Å². The Morgan fingerprint density at radius 1 is 0.929 bits per heavy atom. The van der Waals surface area contributed by atoms with Gasteiger partial charge in [0.25, 0.3) is 0 Å². The highest BCUT2D eigenvalue weighted by molar-refractivity contribution is 5.87. The number of imidazole rings is 1. The Morgan fingerprint density at radius 3 is 2.29 bits per heavy atom. The van der Waals surface area contributed by atoms with Gasteiger partial charge < -0.3 is 19.2 Å². The molecule has 0 aliphatic heterocycles. The summed E-state index contributed by atoms with van der Waals surface area (Å²) in [5, 5.41) is 7.31. The van der Waals surface area contributed by atoms with E-state index in [1.54, 1.807) is 27.5 Å². The maximum absolute atomic E-state index is 5.48. The molecule has 0 aliphatic carbocycles. The number of methoxy groups -OCH3 is 3. The number of aromatic nitrogens is 4. The van der Waals surface area contributed by atoms with Crippen molar-refractivity contribution < 1.29 is 14.2 Å². The summed E-state index contributed by atoms with van der Waals surface area (Å²) in [5.74, 6) is 2.45. The van der Waals surface area contributed by atoms with Crippen molar-refractivity contribution >= 4 is 11.0 Å². The van der Waals surface area contributed by atoms with Gasteiger partial charge >= 0.3 is 0 Å². The molecule has 2 heterocycles. The first-order valence-corrected chi connectivity index (χ1v) is 8.87. The number of rotatable bonds is 5. The summed E-state index contributed by atoms with van der Waals surface area (Å²) in [4.78, 5) is 8.22. The monoisotopic (exact) mass is 378 g/mol. The van der Waals surface area contributed by atoms with Gasteiger partial charge in [0.2, 0.25) is 5.75 Å². The smallest absolute Gasteiger partial charge is 0.203 e. The van der Waals surface area contributed by atoms with Crippen LogP contribution in [0.1, 0.15) is 11.1 Å². The lowest BCUT2D eigenvalue weighted by Crippen LogP contribution is -1.96. The van der Waals surface area contributed by atoms with Crippen LogP contribution in [0.5, 0.6) is 17.2 Å². The fourth-order valence-corrected chi connectivity index (χ4v) is 3.35. The molecular weight excluding hydrogens is 356 g/mol. The van der Waals surface area contributed by atoms with Crippen molar-refractivity contribution in [1.29, 1.82) is 0 Å². The fraction of sp³-hybridized carbons (Fsp3) is 0.238. The Morgan fingerprint density at radius 2 is 1.64 bits per heavy atom. The summed E-state index contributed by atoms with van der Waals surface area (Å²) < 4.78 is 16.4. The van der Waals surface area contributed by atoms with Gasteiger partial charge in [-0.2, -0.15) is 5.10 Å². The van der Waals surface area contributed by atoms with Gasteiger partial charge in [0.05, 0.1) is 49.8 Å². The molecule has 0 fully saturated rings. The van der Waals surface area contributed by atoms with Crippen LogP contribution in [0.25, 0.3) is 33.7 Å². The molecule has 0 saturated heterocycles. The van der Waals surface area contributed by atoms with Crippen LogP contribution in [0.15, 0.2) is 30.5 Å². The van der Waals surface area contributed by atoms with Crippen molar-refractivity contribution in [2.24, 2.45) is 0 Å². The third-order valence-electron chi connectivity index (χ3n) is 5.03. The van der Waals surface area contributed by atoms with E-state index >= 15 is 0 Å². The van der Waals surface area contributed by atoms with Crippen molar-refractivity contribution in [2.45, 2.75) is 13.8 Å². The van der Waals surface area contributed by atoms with E-state index in [-0.39, 0.29) is 0 Å².